The van der Waals surface area contributed by atoms with Crippen molar-refractivity contribution in [3.8, 4) is 5.75 Å². The highest BCUT2D eigenvalue weighted by atomic mass is 35.5. The van der Waals surface area contributed by atoms with Gasteiger partial charge in [-0.05, 0) is 23.8 Å². The molecule has 0 atom stereocenters. The van der Waals surface area contributed by atoms with Gasteiger partial charge in [-0.15, -0.1) is 0 Å². The first-order valence-electron chi connectivity index (χ1n) is 5.48. The SMILES string of the molecule is Oc1ccccc1CNCc1ccc(Cl)cc1. The highest BCUT2D eigenvalue weighted by Crippen LogP contribution is 2.15. The van der Waals surface area contributed by atoms with Crippen molar-refractivity contribution in [2.45, 2.75) is 13.1 Å². The second-order valence-electron chi connectivity index (χ2n) is 3.86. The van der Waals surface area contributed by atoms with Gasteiger partial charge in [-0.2, -0.15) is 0 Å². The van der Waals surface area contributed by atoms with Gasteiger partial charge >= 0.3 is 0 Å². The second-order valence-corrected chi connectivity index (χ2v) is 4.30. The Labute approximate surface area is 106 Å². The molecule has 0 saturated carbocycles. The van der Waals surface area contributed by atoms with Crippen molar-refractivity contribution in [3.05, 3.63) is 64.7 Å². The first-order chi connectivity index (χ1) is 8.25. The van der Waals surface area contributed by atoms with Gasteiger partial charge in [-0.1, -0.05) is 41.9 Å². The molecule has 2 nitrogen and oxygen atoms in total. The Balaban J connectivity index is 1.88. The lowest BCUT2D eigenvalue weighted by Gasteiger charge is -2.06. The molecule has 0 unspecified atom stereocenters. The topological polar surface area (TPSA) is 32.3 Å². The second kappa shape index (κ2) is 5.71. The van der Waals surface area contributed by atoms with Crippen LogP contribution in [0.2, 0.25) is 5.02 Å². The van der Waals surface area contributed by atoms with E-state index in [1.807, 2.05) is 42.5 Å². The predicted molar refractivity (Wildman–Crippen MR) is 70.1 cm³/mol. The van der Waals surface area contributed by atoms with Crippen LogP contribution >= 0.6 is 11.6 Å². The summed E-state index contributed by atoms with van der Waals surface area (Å²) >= 11 is 5.81. The maximum atomic E-state index is 9.59. The van der Waals surface area contributed by atoms with E-state index in [0.29, 0.717) is 12.3 Å². The molecule has 0 spiro atoms. The molecule has 0 fully saturated rings. The fourth-order valence-electron chi connectivity index (χ4n) is 1.60. The molecule has 2 N–H and O–H groups in total. The van der Waals surface area contributed by atoms with Gasteiger partial charge in [-0.25, -0.2) is 0 Å². The van der Waals surface area contributed by atoms with Crippen LogP contribution in [0.5, 0.6) is 5.75 Å². The van der Waals surface area contributed by atoms with Crippen LogP contribution in [-0.2, 0) is 13.1 Å². The third kappa shape index (κ3) is 3.48. The monoisotopic (exact) mass is 247 g/mol. The van der Waals surface area contributed by atoms with E-state index in [9.17, 15) is 5.11 Å². The Bertz CT molecular complexity index is 482. The van der Waals surface area contributed by atoms with Crippen molar-refractivity contribution in [1.29, 1.82) is 0 Å². The van der Waals surface area contributed by atoms with Gasteiger partial charge in [0.05, 0.1) is 0 Å². The highest BCUT2D eigenvalue weighted by molar-refractivity contribution is 6.30. The molecular formula is C14H14ClNO. The number of benzene rings is 2. The summed E-state index contributed by atoms with van der Waals surface area (Å²) in [6, 6.07) is 15.1. The predicted octanol–water partition coefficient (Wildman–Crippen LogP) is 3.34. The standard InChI is InChI=1S/C14H14ClNO/c15-13-7-5-11(6-8-13)9-16-10-12-3-1-2-4-14(12)17/h1-8,16-17H,9-10H2. The van der Waals surface area contributed by atoms with Crippen molar-refractivity contribution in [3.63, 3.8) is 0 Å². The summed E-state index contributed by atoms with van der Waals surface area (Å²) in [6.07, 6.45) is 0. The summed E-state index contributed by atoms with van der Waals surface area (Å²) < 4.78 is 0. The van der Waals surface area contributed by atoms with E-state index in [4.69, 9.17) is 11.6 Å². The average molecular weight is 248 g/mol. The quantitative estimate of drug-likeness (QED) is 0.869. The number of hydrogen-bond donors (Lipinski definition) is 2. The lowest BCUT2D eigenvalue weighted by molar-refractivity contribution is 0.464. The van der Waals surface area contributed by atoms with Crippen molar-refractivity contribution < 1.29 is 5.11 Å². The zero-order chi connectivity index (χ0) is 12.1. The van der Waals surface area contributed by atoms with Gasteiger partial charge in [0.2, 0.25) is 0 Å². The maximum Gasteiger partial charge on any atom is 0.120 e. The summed E-state index contributed by atoms with van der Waals surface area (Å²) in [5.41, 5.74) is 2.08. The molecule has 0 aliphatic carbocycles. The lowest BCUT2D eigenvalue weighted by Crippen LogP contribution is -2.12. The Kier molecular flexibility index (Phi) is 4.02. The largest absolute Gasteiger partial charge is 0.508 e. The first-order valence-corrected chi connectivity index (χ1v) is 5.85. The van der Waals surface area contributed by atoms with E-state index in [2.05, 4.69) is 5.32 Å². The van der Waals surface area contributed by atoms with E-state index in [0.717, 1.165) is 17.1 Å². The van der Waals surface area contributed by atoms with Gasteiger partial charge in [0.15, 0.2) is 0 Å². The average Bonchev–Trinajstić information content (AvgIpc) is 2.34. The van der Waals surface area contributed by atoms with Crippen LogP contribution in [0.1, 0.15) is 11.1 Å². The third-order valence-corrected chi connectivity index (χ3v) is 2.80. The van der Waals surface area contributed by atoms with Gasteiger partial charge < -0.3 is 10.4 Å². The molecule has 3 heteroatoms. The van der Waals surface area contributed by atoms with Crippen LogP contribution in [0.25, 0.3) is 0 Å². The summed E-state index contributed by atoms with van der Waals surface area (Å²) in [5, 5.41) is 13.6. The number of phenols is 1. The maximum absolute atomic E-state index is 9.59. The molecule has 0 heterocycles. The van der Waals surface area contributed by atoms with Crippen molar-refractivity contribution in [2.24, 2.45) is 0 Å². The number of hydrogen-bond acceptors (Lipinski definition) is 2. The number of halogens is 1. The Hall–Kier alpha value is -1.51. The van der Waals surface area contributed by atoms with Gasteiger partial charge in [0, 0.05) is 23.7 Å². The van der Waals surface area contributed by atoms with Crippen LogP contribution in [0.3, 0.4) is 0 Å². The van der Waals surface area contributed by atoms with Gasteiger partial charge in [0.25, 0.3) is 0 Å². The number of rotatable bonds is 4. The van der Waals surface area contributed by atoms with Crippen LogP contribution in [0.4, 0.5) is 0 Å². The molecule has 17 heavy (non-hydrogen) atoms. The molecular weight excluding hydrogens is 234 g/mol. The minimum atomic E-state index is 0.330. The number of nitrogens with one attached hydrogen (secondary N) is 1. The zero-order valence-electron chi connectivity index (χ0n) is 9.36. The van der Waals surface area contributed by atoms with E-state index in [1.165, 1.54) is 5.56 Å². The van der Waals surface area contributed by atoms with Crippen LogP contribution in [0, 0.1) is 0 Å². The van der Waals surface area contributed by atoms with Crippen LogP contribution in [0.15, 0.2) is 48.5 Å². The molecule has 2 aromatic rings. The van der Waals surface area contributed by atoms with E-state index in [1.54, 1.807) is 6.07 Å². The molecule has 2 rings (SSSR count). The molecule has 0 aliphatic rings. The van der Waals surface area contributed by atoms with Crippen molar-refractivity contribution >= 4 is 11.6 Å². The molecule has 0 bridgehead atoms. The van der Waals surface area contributed by atoms with E-state index in [-0.39, 0.29) is 0 Å². The number of phenolic OH excluding ortho intramolecular Hbond substituents is 1. The highest BCUT2D eigenvalue weighted by Gasteiger charge is 1.99. The Morgan fingerprint density at radius 2 is 1.65 bits per heavy atom. The minimum absolute atomic E-state index is 0.330. The van der Waals surface area contributed by atoms with Gasteiger partial charge in [0.1, 0.15) is 5.75 Å². The summed E-state index contributed by atoms with van der Waals surface area (Å²) in [7, 11) is 0. The van der Waals surface area contributed by atoms with Gasteiger partial charge in [-0.3, -0.25) is 0 Å². The van der Waals surface area contributed by atoms with Crippen LogP contribution in [-0.4, -0.2) is 5.11 Å². The molecule has 0 aliphatic heterocycles. The molecule has 0 amide bonds. The molecule has 0 aromatic heterocycles. The minimum Gasteiger partial charge on any atom is -0.508 e. The van der Waals surface area contributed by atoms with Crippen molar-refractivity contribution in [1.82, 2.24) is 5.32 Å². The Morgan fingerprint density at radius 1 is 0.941 bits per heavy atom. The Morgan fingerprint density at radius 3 is 2.35 bits per heavy atom. The van der Waals surface area contributed by atoms with Crippen molar-refractivity contribution in [2.75, 3.05) is 0 Å². The first kappa shape index (κ1) is 12.0. The smallest absolute Gasteiger partial charge is 0.120 e. The van der Waals surface area contributed by atoms with E-state index < -0.39 is 0 Å². The zero-order valence-corrected chi connectivity index (χ0v) is 10.1. The third-order valence-electron chi connectivity index (χ3n) is 2.55. The summed E-state index contributed by atoms with van der Waals surface area (Å²) in [4.78, 5) is 0. The molecule has 0 saturated heterocycles. The fourth-order valence-corrected chi connectivity index (χ4v) is 1.73. The summed E-state index contributed by atoms with van der Waals surface area (Å²) in [5.74, 6) is 0.330. The normalized spacial score (nSPS) is 10.4. The number of para-hydroxylation sites is 1. The lowest BCUT2D eigenvalue weighted by atomic mass is 10.2. The molecule has 0 radical (unpaired) electrons. The summed E-state index contributed by atoms with van der Waals surface area (Å²) in [6.45, 7) is 1.40. The fraction of sp³-hybridized carbons (Fsp3) is 0.143. The molecule has 2 aromatic carbocycles. The molecule has 88 valence electrons. The van der Waals surface area contributed by atoms with E-state index >= 15 is 0 Å². The number of aromatic hydroxyl groups is 1. The van der Waals surface area contributed by atoms with Crippen LogP contribution < -0.4 is 5.32 Å².